The van der Waals surface area contributed by atoms with Gasteiger partial charge in [-0.3, -0.25) is 9.69 Å². The topological polar surface area (TPSA) is 60.0 Å². The summed E-state index contributed by atoms with van der Waals surface area (Å²) < 4.78 is 56.7. The Morgan fingerprint density at radius 3 is 2.59 bits per heavy atom. The van der Waals surface area contributed by atoms with Crippen molar-refractivity contribution in [1.29, 1.82) is 0 Å². The summed E-state index contributed by atoms with van der Waals surface area (Å²) in [6.07, 6.45) is 0. The molecule has 2 aromatic rings. The van der Waals surface area contributed by atoms with Crippen LogP contribution in [0.25, 0.3) is 0 Å². The molecular formula is C20H19F3N2O4. The van der Waals surface area contributed by atoms with Gasteiger partial charge in [0.05, 0.1) is 24.8 Å². The van der Waals surface area contributed by atoms with Gasteiger partial charge in [0.2, 0.25) is 6.79 Å². The Hall–Kier alpha value is -2.78. The maximum Gasteiger partial charge on any atom is 0.254 e. The number of hydrogen-bond acceptors (Lipinski definition) is 5. The highest BCUT2D eigenvalue weighted by molar-refractivity contribution is 5.94. The molecular weight excluding hydrogens is 389 g/mol. The van der Waals surface area contributed by atoms with Gasteiger partial charge >= 0.3 is 0 Å². The minimum atomic E-state index is -1.67. The van der Waals surface area contributed by atoms with E-state index in [1.165, 1.54) is 0 Å². The Kier molecular flexibility index (Phi) is 5.59. The molecule has 0 unspecified atom stereocenters. The van der Waals surface area contributed by atoms with Crippen molar-refractivity contribution in [3.05, 3.63) is 58.9 Å². The standard InChI is InChI=1S/C20H19F3N2O4/c21-14-3-2-13(18(22)19(14)23)20(26)24-10-15(25-5-7-27-8-6-25)12-1-4-16-17(9-12)29-11-28-16/h1-4,9,15H,5-8,10-11H2,(H,24,26)/t15-/m1/s1. The molecule has 0 aliphatic carbocycles. The Bertz CT molecular complexity index is 919. The number of nitrogens with zero attached hydrogens (tertiary/aromatic N) is 1. The van der Waals surface area contributed by atoms with Crippen molar-refractivity contribution in [3.63, 3.8) is 0 Å². The number of fused-ring (bicyclic) bond motifs is 1. The lowest BCUT2D eigenvalue weighted by Gasteiger charge is -2.35. The minimum Gasteiger partial charge on any atom is -0.454 e. The second kappa shape index (κ2) is 8.30. The highest BCUT2D eigenvalue weighted by Crippen LogP contribution is 2.35. The lowest BCUT2D eigenvalue weighted by Crippen LogP contribution is -2.44. The van der Waals surface area contributed by atoms with Crippen molar-refractivity contribution in [2.75, 3.05) is 39.6 Å². The molecule has 154 valence electrons. The van der Waals surface area contributed by atoms with Crippen molar-refractivity contribution in [3.8, 4) is 11.5 Å². The van der Waals surface area contributed by atoms with Crippen LogP contribution in [0.2, 0.25) is 0 Å². The van der Waals surface area contributed by atoms with Crippen LogP contribution in [0.1, 0.15) is 22.0 Å². The quantitative estimate of drug-likeness (QED) is 0.771. The summed E-state index contributed by atoms with van der Waals surface area (Å²) in [4.78, 5) is 14.5. The zero-order chi connectivity index (χ0) is 20.4. The van der Waals surface area contributed by atoms with Crippen LogP contribution >= 0.6 is 0 Å². The van der Waals surface area contributed by atoms with Crippen molar-refractivity contribution < 1.29 is 32.2 Å². The summed E-state index contributed by atoms with van der Waals surface area (Å²) >= 11 is 0. The average Bonchev–Trinajstić information content (AvgIpc) is 3.21. The van der Waals surface area contributed by atoms with Crippen LogP contribution in [-0.4, -0.2) is 50.4 Å². The summed E-state index contributed by atoms with van der Waals surface area (Å²) in [5.41, 5.74) is 0.331. The zero-order valence-electron chi connectivity index (χ0n) is 15.4. The van der Waals surface area contributed by atoms with E-state index in [1.807, 2.05) is 12.1 Å². The smallest absolute Gasteiger partial charge is 0.254 e. The monoisotopic (exact) mass is 408 g/mol. The molecule has 2 aliphatic heterocycles. The number of rotatable bonds is 5. The van der Waals surface area contributed by atoms with Crippen molar-refractivity contribution >= 4 is 5.91 Å². The molecule has 1 atom stereocenters. The minimum absolute atomic E-state index is 0.136. The van der Waals surface area contributed by atoms with E-state index in [2.05, 4.69) is 10.2 Å². The third kappa shape index (κ3) is 4.01. The van der Waals surface area contributed by atoms with E-state index < -0.39 is 28.9 Å². The fourth-order valence-electron chi connectivity index (χ4n) is 3.45. The maximum atomic E-state index is 13.9. The SMILES string of the molecule is O=C(NC[C@H](c1ccc2c(c1)OCO2)N1CCOCC1)c1ccc(F)c(F)c1F. The van der Waals surface area contributed by atoms with Crippen LogP contribution in [0, 0.1) is 17.5 Å². The van der Waals surface area contributed by atoms with Gasteiger partial charge in [-0.25, -0.2) is 13.2 Å². The number of amides is 1. The van der Waals surface area contributed by atoms with Gasteiger partial charge in [0.25, 0.3) is 5.91 Å². The number of nitrogens with one attached hydrogen (secondary N) is 1. The number of carbonyl (C=O) groups is 1. The van der Waals surface area contributed by atoms with Gasteiger partial charge in [0, 0.05) is 19.6 Å². The molecule has 0 aromatic heterocycles. The van der Waals surface area contributed by atoms with E-state index in [0.717, 1.165) is 17.7 Å². The van der Waals surface area contributed by atoms with E-state index in [1.54, 1.807) is 6.07 Å². The molecule has 9 heteroatoms. The highest BCUT2D eigenvalue weighted by atomic mass is 19.2. The molecule has 0 saturated carbocycles. The summed E-state index contributed by atoms with van der Waals surface area (Å²) in [6, 6.07) is 6.91. The first kappa shape index (κ1) is 19.5. The first-order valence-electron chi connectivity index (χ1n) is 9.17. The highest BCUT2D eigenvalue weighted by Gasteiger charge is 2.26. The molecule has 1 amide bonds. The second-order valence-electron chi connectivity index (χ2n) is 6.71. The number of halogens is 3. The number of ether oxygens (including phenoxy) is 3. The van der Waals surface area contributed by atoms with Gasteiger partial charge in [-0.15, -0.1) is 0 Å². The van der Waals surface area contributed by atoms with Crippen LogP contribution in [0.5, 0.6) is 11.5 Å². The molecule has 6 nitrogen and oxygen atoms in total. The molecule has 2 aliphatic rings. The Balaban J connectivity index is 1.54. The summed E-state index contributed by atoms with van der Waals surface area (Å²) in [5.74, 6) is -4.08. The molecule has 0 bridgehead atoms. The number of carbonyl (C=O) groups excluding carboxylic acids is 1. The summed E-state index contributed by atoms with van der Waals surface area (Å²) in [5, 5.41) is 2.63. The Labute approximate surface area is 165 Å². The second-order valence-corrected chi connectivity index (χ2v) is 6.71. The van der Waals surface area contributed by atoms with Crippen LogP contribution in [-0.2, 0) is 4.74 Å². The fourth-order valence-corrected chi connectivity index (χ4v) is 3.45. The Morgan fingerprint density at radius 1 is 1.03 bits per heavy atom. The maximum absolute atomic E-state index is 13.9. The van der Waals surface area contributed by atoms with Crippen molar-refractivity contribution in [2.45, 2.75) is 6.04 Å². The third-order valence-corrected chi connectivity index (χ3v) is 5.00. The first-order chi connectivity index (χ1) is 14.0. The molecule has 2 aromatic carbocycles. The number of hydrogen-bond donors (Lipinski definition) is 1. The molecule has 1 saturated heterocycles. The molecule has 4 rings (SSSR count). The lowest BCUT2D eigenvalue weighted by atomic mass is 10.0. The normalized spacial score (nSPS) is 17.2. The van der Waals surface area contributed by atoms with Gasteiger partial charge in [-0.1, -0.05) is 6.07 Å². The molecule has 2 heterocycles. The van der Waals surface area contributed by atoms with Crippen molar-refractivity contribution in [2.24, 2.45) is 0 Å². The van der Waals surface area contributed by atoms with Gasteiger partial charge in [-0.05, 0) is 29.8 Å². The molecule has 29 heavy (non-hydrogen) atoms. The first-order valence-corrected chi connectivity index (χ1v) is 9.17. The number of morpholine rings is 1. The predicted molar refractivity (Wildman–Crippen MR) is 96.3 cm³/mol. The van der Waals surface area contributed by atoms with Gasteiger partial charge in [-0.2, -0.15) is 0 Å². The molecule has 0 radical (unpaired) electrons. The number of benzene rings is 2. The van der Waals surface area contributed by atoms with Crippen LogP contribution in [0.4, 0.5) is 13.2 Å². The van der Waals surface area contributed by atoms with Gasteiger partial charge in [0.1, 0.15) is 0 Å². The van der Waals surface area contributed by atoms with E-state index in [9.17, 15) is 18.0 Å². The van der Waals surface area contributed by atoms with E-state index in [4.69, 9.17) is 14.2 Å². The largest absolute Gasteiger partial charge is 0.454 e. The zero-order valence-corrected chi connectivity index (χ0v) is 15.4. The third-order valence-electron chi connectivity index (χ3n) is 5.00. The molecule has 0 spiro atoms. The Morgan fingerprint density at radius 2 is 1.79 bits per heavy atom. The van der Waals surface area contributed by atoms with E-state index >= 15 is 0 Å². The lowest BCUT2D eigenvalue weighted by molar-refractivity contribution is 0.0162. The van der Waals surface area contributed by atoms with Crippen LogP contribution in [0.15, 0.2) is 30.3 Å². The summed E-state index contributed by atoms with van der Waals surface area (Å²) in [6.45, 7) is 2.67. The van der Waals surface area contributed by atoms with Crippen LogP contribution in [0.3, 0.4) is 0 Å². The molecule has 1 N–H and O–H groups in total. The average molecular weight is 408 g/mol. The molecule has 1 fully saturated rings. The van der Waals surface area contributed by atoms with E-state index in [-0.39, 0.29) is 19.4 Å². The van der Waals surface area contributed by atoms with E-state index in [0.29, 0.717) is 37.8 Å². The summed E-state index contributed by atoms with van der Waals surface area (Å²) in [7, 11) is 0. The van der Waals surface area contributed by atoms with Crippen molar-refractivity contribution in [1.82, 2.24) is 10.2 Å². The fraction of sp³-hybridized carbons (Fsp3) is 0.350. The predicted octanol–water partition coefficient (Wildman–Crippen LogP) is 2.64. The van der Waals surface area contributed by atoms with Gasteiger partial charge in [0.15, 0.2) is 29.0 Å². The van der Waals surface area contributed by atoms with Gasteiger partial charge < -0.3 is 19.5 Å². The van der Waals surface area contributed by atoms with Crippen LogP contribution < -0.4 is 14.8 Å².